The number of nitrogens with zero attached hydrogens (tertiary/aromatic N) is 2. The van der Waals surface area contributed by atoms with Gasteiger partial charge >= 0.3 is 0 Å². The average molecular weight is 288 g/mol. The summed E-state index contributed by atoms with van der Waals surface area (Å²) in [4.78, 5) is 6.73. The highest BCUT2D eigenvalue weighted by Crippen LogP contribution is 2.31. The van der Waals surface area contributed by atoms with Crippen LogP contribution in [0.4, 0.5) is 0 Å². The number of likely N-dealkylation sites (tertiary alicyclic amines) is 1. The molecule has 1 fully saturated rings. The average Bonchev–Trinajstić information content (AvgIpc) is 2.52. The minimum Gasteiger partial charge on any atom is -0.299 e. The van der Waals surface area contributed by atoms with E-state index in [1.54, 1.807) is 0 Å². The van der Waals surface area contributed by atoms with Crippen LogP contribution in [0.5, 0.6) is 0 Å². The van der Waals surface area contributed by atoms with Gasteiger partial charge in [-0.3, -0.25) is 4.90 Å². The quantitative estimate of drug-likeness (QED) is 0.583. The fraction of sp³-hybridized carbons (Fsp3) is 0.500. The minimum atomic E-state index is 0.598. The molecule has 1 atom stereocenters. The van der Waals surface area contributed by atoms with E-state index in [9.17, 15) is 0 Å². The third-order valence-electron chi connectivity index (χ3n) is 2.67. The maximum atomic E-state index is 4.32. The van der Waals surface area contributed by atoms with Crippen molar-refractivity contribution < 1.29 is 0 Å². The summed E-state index contributed by atoms with van der Waals surface area (Å²) >= 11 is 2.32. The molecule has 2 rings (SSSR count). The van der Waals surface area contributed by atoms with Crippen LogP contribution in [0.15, 0.2) is 18.3 Å². The Hall–Kier alpha value is -0.160. The smallest absolute Gasteiger partial charge is 0.106 e. The monoisotopic (exact) mass is 288 g/mol. The van der Waals surface area contributed by atoms with Crippen molar-refractivity contribution in [3.63, 3.8) is 0 Å². The van der Waals surface area contributed by atoms with Crippen LogP contribution in [0.3, 0.4) is 0 Å². The molecular weight excluding hydrogens is 275 g/mol. The zero-order valence-corrected chi connectivity index (χ0v) is 9.86. The second kappa shape index (κ2) is 3.92. The first kappa shape index (κ1) is 9.40. The van der Waals surface area contributed by atoms with Crippen LogP contribution in [-0.4, -0.2) is 23.5 Å². The van der Waals surface area contributed by atoms with Gasteiger partial charge in [-0.05, 0) is 55.1 Å². The van der Waals surface area contributed by atoms with Gasteiger partial charge in [0.25, 0.3) is 0 Å². The first-order valence-electron chi connectivity index (χ1n) is 4.59. The molecule has 2 nitrogen and oxygen atoms in total. The molecule has 0 N–H and O–H groups in total. The molecule has 0 aliphatic carbocycles. The summed E-state index contributed by atoms with van der Waals surface area (Å²) in [5.41, 5.74) is 1.39. The lowest BCUT2D eigenvalue weighted by molar-refractivity contribution is 0.316. The van der Waals surface area contributed by atoms with Crippen molar-refractivity contribution in [1.29, 1.82) is 0 Å². The Kier molecular flexibility index (Phi) is 2.83. The second-order valence-electron chi connectivity index (χ2n) is 3.52. The molecule has 1 aliphatic heterocycles. The molecule has 3 heteroatoms. The third-order valence-corrected chi connectivity index (χ3v) is 3.57. The van der Waals surface area contributed by atoms with Crippen molar-refractivity contribution in [2.45, 2.75) is 18.9 Å². The van der Waals surface area contributed by atoms with Crippen LogP contribution >= 0.6 is 22.6 Å². The fourth-order valence-electron chi connectivity index (χ4n) is 1.95. The van der Waals surface area contributed by atoms with E-state index < -0.39 is 0 Å². The van der Waals surface area contributed by atoms with E-state index in [0.29, 0.717) is 6.04 Å². The van der Waals surface area contributed by atoms with Crippen LogP contribution in [0.1, 0.15) is 24.4 Å². The summed E-state index contributed by atoms with van der Waals surface area (Å²) in [5.74, 6) is 0. The predicted molar refractivity (Wildman–Crippen MR) is 61.6 cm³/mol. The van der Waals surface area contributed by atoms with Crippen molar-refractivity contribution in [2.75, 3.05) is 13.6 Å². The lowest BCUT2D eigenvalue weighted by Crippen LogP contribution is -2.18. The van der Waals surface area contributed by atoms with Crippen LogP contribution in [0.25, 0.3) is 0 Å². The lowest BCUT2D eigenvalue weighted by atomic mass is 10.1. The summed E-state index contributed by atoms with van der Waals surface area (Å²) in [7, 11) is 2.20. The Morgan fingerprint density at radius 2 is 2.46 bits per heavy atom. The molecule has 0 amide bonds. The number of pyridine rings is 1. The first-order valence-corrected chi connectivity index (χ1v) is 5.67. The highest BCUT2D eigenvalue weighted by molar-refractivity contribution is 14.1. The highest BCUT2D eigenvalue weighted by atomic mass is 127. The van der Waals surface area contributed by atoms with Gasteiger partial charge in [0, 0.05) is 17.8 Å². The van der Waals surface area contributed by atoms with E-state index in [1.807, 2.05) is 12.3 Å². The Balaban J connectivity index is 2.29. The van der Waals surface area contributed by atoms with Gasteiger partial charge in [0.15, 0.2) is 0 Å². The first-order chi connectivity index (χ1) is 6.29. The third kappa shape index (κ3) is 1.86. The minimum absolute atomic E-state index is 0.598. The van der Waals surface area contributed by atoms with Crippen molar-refractivity contribution in [3.8, 4) is 0 Å². The van der Waals surface area contributed by atoms with E-state index >= 15 is 0 Å². The van der Waals surface area contributed by atoms with Gasteiger partial charge in [-0.1, -0.05) is 6.07 Å². The molecule has 1 aromatic rings. The lowest BCUT2D eigenvalue weighted by Gasteiger charge is -2.20. The van der Waals surface area contributed by atoms with Gasteiger partial charge < -0.3 is 0 Å². The Morgan fingerprint density at radius 1 is 1.62 bits per heavy atom. The van der Waals surface area contributed by atoms with Gasteiger partial charge in [-0.15, -0.1) is 0 Å². The van der Waals surface area contributed by atoms with Gasteiger partial charge in [-0.25, -0.2) is 4.98 Å². The Morgan fingerprint density at radius 3 is 3.08 bits per heavy atom. The number of halogens is 1. The number of rotatable bonds is 1. The van der Waals surface area contributed by atoms with Crippen LogP contribution in [0.2, 0.25) is 0 Å². The van der Waals surface area contributed by atoms with Crippen molar-refractivity contribution in [2.24, 2.45) is 0 Å². The molecule has 2 heterocycles. The number of hydrogen-bond acceptors (Lipinski definition) is 2. The maximum Gasteiger partial charge on any atom is 0.106 e. The van der Waals surface area contributed by atoms with Gasteiger partial charge in [0.05, 0.1) is 0 Å². The SMILES string of the molecule is CN1CCC[C@@H]1c1cccnc1I. The molecular formula is C10H13IN2. The standard InChI is InChI=1S/C10H13IN2/c1-13-7-3-5-9(13)8-4-2-6-12-10(8)11/h2,4,6,9H,3,5,7H2,1H3/t9-/m1/s1. The molecule has 0 saturated carbocycles. The van der Waals surface area contributed by atoms with Gasteiger partial charge in [0.2, 0.25) is 0 Å². The zero-order valence-electron chi connectivity index (χ0n) is 7.70. The van der Waals surface area contributed by atoms with Crippen molar-refractivity contribution in [1.82, 2.24) is 9.88 Å². The van der Waals surface area contributed by atoms with Crippen LogP contribution < -0.4 is 0 Å². The summed E-state index contributed by atoms with van der Waals surface area (Å²) < 4.78 is 1.15. The van der Waals surface area contributed by atoms with Crippen molar-refractivity contribution >= 4 is 22.6 Å². The normalized spacial score (nSPS) is 23.7. The summed E-state index contributed by atoms with van der Waals surface area (Å²) in [6, 6.07) is 4.82. The zero-order chi connectivity index (χ0) is 9.26. The van der Waals surface area contributed by atoms with E-state index in [0.717, 1.165) is 3.70 Å². The molecule has 0 radical (unpaired) electrons. The summed E-state index contributed by atoms with van der Waals surface area (Å²) in [5, 5.41) is 0. The summed E-state index contributed by atoms with van der Waals surface area (Å²) in [6.07, 6.45) is 4.45. The van der Waals surface area contributed by atoms with E-state index in [2.05, 4.69) is 45.6 Å². The molecule has 1 saturated heterocycles. The summed E-state index contributed by atoms with van der Waals surface area (Å²) in [6.45, 7) is 1.22. The van der Waals surface area contributed by atoms with Crippen LogP contribution in [-0.2, 0) is 0 Å². The number of hydrogen-bond donors (Lipinski definition) is 0. The van der Waals surface area contributed by atoms with Gasteiger partial charge in [-0.2, -0.15) is 0 Å². The molecule has 13 heavy (non-hydrogen) atoms. The molecule has 0 bridgehead atoms. The molecule has 0 aromatic carbocycles. The molecule has 1 aliphatic rings. The predicted octanol–water partition coefficient (Wildman–Crippen LogP) is 2.45. The largest absolute Gasteiger partial charge is 0.299 e. The second-order valence-corrected chi connectivity index (χ2v) is 4.54. The maximum absolute atomic E-state index is 4.32. The molecule has 0 spiro atoms. The van der Waals surface area contributed by atoms with E-state index in [1.165, 1.54) is 24.9 Å². The molecule has 70 valence electrons. The molecule has 1 aromatic heterocycles. The highest BCUT2D eigenvalue weighted by Gasteiger charge is 2.24. The number of aromatic nitrogens is 1. The van der Waals surface area contributed by atoms with E-state index in [4.69, 9.17) is 0 Å². The Bertz CT molecular complexity index is 301. The van der Waals surface area contributed by atoms with E-state index in [-0.39, 0.29) is 0 Å². The van der Waals surface area contributed by atoms with Gasteiger partial charge in [0.1, 0.15) is 3.70 Å². The Labute approximate surface area is 92.5 Å². The van der Waals surface area contributed by atoms with Crippen molar-refractivity contribution in [3.05, 3.63) is 27.6 Å². The molecule has 0 unspecified atom stereocenters. The fourth-order valence-corrected chi connectivity index (χ4v) is 2.65. The van der Waals surface area contributed by atoms with Crippen LogP contribution in [0, 0.1) is 3.70 Å². The topological polar surface area (TPSA) is 16.1 Å².